The molecule has 31 heavy (non-hydrogen) atoms. The minimum absolute atomic E-state index is 0.118. The van der Waals surface area contributed by atoms with Crippen LogP contribution in [-0.4, -0.2) is 34.6 Å². The van der Waals surface area contributed by atoms with E-state index in [0.29, 0.717) is 37.3 Å². The van der Waals surface area contributed by atoms with Gasteiger partial charge in [-0.25, -0.2) is 18.2 Å². The van der Waals surface area contributed by atoms with Crippen molar-refractivity contribution in [3.63, 3.8) is 0 Å². The first-order valence-electron chi connectivity index (χ1n) is 10.4. The maximum Gasteiger partial charge on any atom is 0.232 e. The number of rotatable bonds is 3. The number of imidazole rings is 1. The van der Waals surface area contributed by atoms with Gasteiger partial charge in [0, 0.05) is 30.0 Å². The summed E-state index contributed by atoms with van der Waals surface area (Å²) in [6.07, 6.45) is 2.18. The van der Waals surface area contributed by atoms with Crippen molar-refractivity contribution in [3.8, 4) is 0 Å². The number of halogens is 3. The standard InChI is InChI=1S/C23H23F3N4O/c1-13-21(30(22(13)31)14-3-4-18-19(11-14)28-12-27-18)20-16(24)9-15(10-17(20)25)29-7-5-23(2,26)6-8-29/h3-4,9-13,21H,5-8H2,1-2H3,(H,27,28)/t13-,21-/m0/s1. The zero-order chi connectivity index (χ0) is 21.9. The second kappa shape index (κ2) is 7.00. The van der Waals surface area contributed by atoms with E-state index in [-0.39, 0.29) is 11.5 Å². The van der Waals surface area contributed by atoms with Crippen molar-refractivity contribution < 1.29 is 18.0 Å². The van der Waals surface area contributed by atoms with Gasteiger partial charge in [-0.05, 0) is 50.1 Å². The molecule has 0 aliphatic carbocycles. The second-order valence-electron chi connectivity index (χ2n) is 8.77. The van der Waals surface area contributed by atoms with Gasteiger partial charge in [0.2, 0.25) is 5.91 Å². The number of carbonyl (C=O) groups excluding carboxylic acids is 1. The highest BCUT2D eigenvalue weighted by Crippen LogP contribution is 2.46. The Labute approximate surface area is 177 Å². The molecule has 0 bridgehead atoms. The van der Waals surface area contributed by atoms with Gasteiger partial charge >= 0.3 is 0 Å². The average molecular weight is 428 g/mol. The van der Waals surface area contributed by atoms with Crippen LogP contribution < -0.4 is 9.80 Å². The Bertz CT molecular complexity index is 1140. The number of carbonyl (C=O) groups is 1. The van der Waals surface area contributed by atoms with Crippen LogP contribution in [0.25, 0.3) is 11.0 Å². The van der Waals surface area contributed by atoms with Crippen LogP contribution in [0.5, 0.6) is 0 Å². The van der Waals surface area contributed by atoms with Crippen molar-refractivity contribution in [1.82, 2.24) is 9.97 Å². The van der Waals surface area contributed by atoms with E-state index in [0.717, 1.165) is 11.0 Å². The predicted molar refractivity (Wildman–Crippen MR) is 113 cm³/mol. The number of benzene rings is 2. The number of amides is 1. The van der Waals surface area contributed by atoms with Gasteiger partial charge < -0.3 is 14.8 Å². The Balaban J connectivity index is 1.47. The monoisotopic (exact) mass is 428 g/mol. The van der Waals surface area contributed by atoms with Crippen LogP contribution in [0.3, 0.4) is 0 Å². The molecule has 5 rings (SSSR count). The van der Waals surface area contributed by atoms with Gasteiger partial charge in [0.1, 0.15) is 17.3 Å². The highest BCUT2D eigenvalue weighted by atomic mass is 19.1. The molecule has 3 heterocycles. The molecule has 2 saturated heterocycles. The normalized spacial score (nSPS) is 23.3. The highest BCUT2D eigenvalue weighted by molar-refractivity contribution is 6.04. The van der Waals surface area contributed by atoms with Crippen LogP contribution in [0.2, 0.25) is 0 Å². The number of anilines is 2. The number of aromatic amines is 1. The first-order valence-corrected chi connectivity index (χ1v) is 10.4. The summed E-state index contributed by atoms with van der Waals surface area (Å²) < 4.78 is 44.5. The molecular weight excluding hydrogens is 405 g/mol. The van der Waals surface area contributed by atoms with Gasteiger partial charge in [-0.3, -0.25) is 4.79 Å². The Morgan fingerprint density at radius 1 is 1.10 bits per heavy atom. The molecule has 2 aliphatic rings. The molecule has 1 aromatic heterocycles. The number of fused-ring (bicyclic) bond motifs is 1. The lowest BCUT2D eigenvalue weighted by molar-refractivity contribution is -0.129. The maximum atomic E-state index is 15.2. The number of alkyl halides is 1. The van der Waals surface area contributed by atoms with Crippen molar-refractivity contribution in [1.29, 1.82) is 0 Å². The van der Waals surface area contributed by atoms with E-state index in [9.17, 15) is 9.18 Å². The molecule has 2 fully saturated rings. The highest BCUT2D eigenvalue weighted by Gasteiger charge is 2.48. The summed E-state index contributed by atoms with van der Waals surface area (Å²) >= 11 is 0. The zero-order valence-corrected chi connectivity index (χ0v) is 17.3. The molecule has 5 nitrogen and oxygen atoms in total. The van der Waals surface area contributed by atoms with Gasteiger partial charge in [-0.2, -0.15) is 0 Å². The Morgan fingerprint density at radius 2 is 1.77 bits per heavy atom. The molecule has 2 aromatic carbocycles. The quantitative estimate of drug-likeness (QED) is 0.604. The molecular formula is C23H23F3N4O. The Kier molecular flexibility index (Phi) is 4.50. The van der Waals surface area contributed by atoms with Gasteiger partial charge in [-0.1, -0.05) is 6.92 Å². The number of aromatic nitrogens is 2. The summed E-state index contributed by atoms with van der Waals surface area (Å²) in [4.78, 5) is 23.0. The lowest BCUT2D eigenvalue weighted by Gasteiger charge is -2.46. The van der Waals surface area contributed by atoms with Gasteiger partial charge in [-0.15, -0.1) is 0 Å². The largest absolute Gasteiger partial charge is 0.371 e. The number of H-pyrrole nitrogens is 1. The molecule has 0 spiro atoms. The zero-order valence-electron chi connectivity index (χ0n) is 17.3. The minimum atomic E-state index is -1.24. The number of piperidine rings is 1. The van der Waals surface area contributed by atoms with E-state index in [4.69, 9.17) is 0 Å². The predicted octanol–water partition coefficient (Wildman–Crippen LogP) is 4.89. The molecule has 2 aliphatic heterocycles. The van der Waals surface area contributed by atoms with Crippen molar-refractivity contribution in [3.05, 3.63) is 53.9 Å². The SMILES string of the molecule is C[C@@H]1C(=O)N(c2ccc3nc[nH]c3c2)[C@@H]1c1c(F)cc(N2CCC(C)(F)CC2)cc1F. The first kappa shape index (κ1) is 19.9. The summed E-state index contributed by atoms with van der Waals surface area (Å²) in [5.74, 6) is -2.12. The fourth-order valence-electron chi connectivity index (χ4n) is 4.64. The Hall–Kier alpha value is -3.03. The third kappa shape index (κ3) is 3.25. The van der Waals surface area contributed by atoms with E-state index in [1.54, 1.807) is 43.3 Å². The van der Waals surface area contributed by atoms with Crippen LogP contribution in [0.1, 0.15) is 38.3 Å². The lowest BCUT2D eigenvalue weighted by atomic mass is 9.82. The second-order valence-corrected chi connectivity index (χ2v) is 8.77. The molecule has 3 aromatic rings. The average Bonchev–Trinajstić information content (AvgIpc) is 3.20. The van der Waals surface area contributed by atoms with E-state index in [1.807, 2.05) is 0 Å². The van der Waals surface area contributed by atoms with Crippen molar-refractivity contribution in [2.45, 2.75) is 38.4 Å². The van der Waals surface area contributed by atoms with Crippen molar-refractivity contribution >= 4 is 28.3 Å². The maximum absolute atomic E-state index is 15.2. The van der Waals surface area contributed by atoms with Gasteiger partial charge in [0.05, 0.1) is 29.3 Å². The van der Waals surface area contributed by atoms with Gasteiger partial charge in [0.25, 0.3) is 0 Å². The smallest absolute Gasteiger partial charge is 0.232 e. The number of hydrogen-bond acceptors (Lipinski definition) is 3. The summed E-state index contributed by atoms with van der Waals surface area (Å²) in [6.45, 7) is 4.04. The molecule has 0 unspecified atom stereocenters. The van der Waals surface area contributed by atoms with Crippen LogP contribution in [0, 0.1) is 17.6 Å². The van der Waals surface area contributed by atoms with Crippen molar-refractivity contribution in [2.24, 2.45) is 5.92 Å². The lowest BCUT2D eigenvalue weighted by Crippen LogP contribution is -2.54. The van der Waals surface area contributed by atoms with Gasteiger partial charge in [0.15, 0.2) is 0 Å². The first-order chi connectivity index (χ1) is 14.7. The third-order valence-electron chi connectivity index (χ3n) is 6.59. The molecule has 1 N–H and O–H groups in total. The molecule has 0 saturated carbocycles. The number of nitrogens with one attached hydrogen (secondary N) is 1. The summed E-state index contributed by atoms with van der Waals surface area (Å²) in [5, 5.41) is 0. The summed E-state index contributed by atoms with van der Waals surface area (Å²) in [6, 6.07) is 7.10. The fraction of sp³-hybridized carbons (Fsp3) is 0.391. The van der Waals surface area contributed by atoms with Crippen LogP contribution in [-0.2, 0) is 4.79 Å². The Morgan fingerprint density at radius 3 is 2.45 bits per heavy atom. The topological polar surface area (TPSA) is 52.2 Å². The fourth-order valence-corrected chi connectivity index (χ4v) is 4.64. The van der Waals surface area contributed by atoms with E-state index >= 15 is 8.78 Å². The summed E-state index contributed by atoms with van der Waals surface area (Å²) in [5.41, 5.74) is 1.08. The molecule has 8 heteroatoms. The number of hydrogen-bond donors (Lipinski definition) is 1. The summed E-state index contributed by atoms with van der Waals surface area (Å²) in [7, 11) is 0. The molecule has 1 amide bonds. The van der Waals surface area contributed by atoms with Crippen LogP contribution in [0.4, 0.5) is 24.5 Å². The number of nitrogens with zero attached hydrogens (tertiary/aromatic N) is 3. The van der Waals surface area contributed by atoms with E-state index < -0.39 is 29.3 Å². The van der Waals surface area contributed by atoms with Crippen LogP contribution in [0.15, 0.2) is 36.7 Å². The van der Waals surface area contributed by atoms with E-state index in [1.165, 1.54) is 17.0 Å². The van der Waals surface area contributed by atoms with E-state index in [2.05, 4.69) is 9.97 Å². The number of β-lactam (4-membered cyclic amide) rings is 1. The molecule has 0 radical (unpaired) electrons. The van der Waals surface area contributed by atoms with Crippen LogP contribution >= 0.6 is 0 Å². The molecule has 2 atom stereocenters. The minimum Gasteiger partial charge on any atom is -0.371 e. The molecule has 162 valence electrons. The van der Waals surface area contributed by atoms with Crippen molar-refractivity contribution in [2.75, 3.05) is 22.9 Å². The third-order valence-corrected chi connectivity index (χ3v) is 6.59.